The number of rotatable bonds is 5. The third-order valence-electron chi connectivity index (χ3n) is 2.36. The lowest BCUT2D eigenvalue weighted by Crippen LogP contribution is -2.04. The van der Waals surface area contributed by atoms with Crippen molar-refractivity contribution in [3.63, 3.8) is 0 Å². The highest BCUT2D eigenvalue weighted by molar-refractivity contribution is 7.10. The summed E-state index contributed by atoms with van der Waals surface area (Å²) in [5.74, 6) is 0.248. The molecule has 0 N–H and O–H groups in total. The van der Waals surface area contributed by atoms with Crippen LogP contribution in [0.25, 0.3) is 0 Å². The highest BCUT2D eigenvalue weighted by atomic mass is 32.1. The highest BCUT2D eigenvalue weighted by Gasteiger charge is 2.07. The molecule has 2 aromatic heterocycles. The standard InChI is InChI=1S/C12H14N2OS/c1-2-14-9-10(8-13-14)6-11(15)7-12-4-3-5-16-12/h3-5,8-9H,2,6-7H2,1H3. The fourth-order valence-electron chi connectivity index (χ4n) is 1.57. The molecule has 3 nitrogen and oxygen atoms in total. The third kappa shape index (κ3) is 2.79. The Morgan fingerprint density at radius 3 is 3.00 bits per heavy atom. The van der Waals surface area contributed by atoms with Gasteiger partial charge in [0, 0.05) is 30.5 Å². The summed E-state index contributed by atoms with van der Waals surface area (Å²) in [5, 5.41) is 6.15. The number of hydrogen-bond acceptors (Lipinski definition) is 3. The van der Waals surface area contributed by atoms with E-state index in [1.54, 1.807) is 17.5 Å². The van der Waals surface area contributed by atoms with Gasteiger partial charge in [-0.1, -0.05) is 6.07 Å². The molecule has 2 rings (SSSR count). The van der Waals surface area contributed by atoms with Crippen molar-refractivity contribution in [2.24, 2.45) is 0 Å². The second kappa shape index (κ2) is 5.07. The van der Waals surface area contributed by atoms with Gasteiger partial charge in [0.2, 0.25) is 0 Å². The summed E-state index contributed by atoms with van der Waals surface area (Å²) in [6, 6.07) is 3.97. The Morgan fingerprint density at radius 2 is 2.38 bits per heavy atom. The van der Waals surface area contributed by atoms with E-state index in [0.717, 1.165) is 17.0 Å². The van der Waals surface area contributed by atoms with Gasteiger partial charge in [-0.3, -0.25) is 9.48 Å². The predicted molar refractivity (Wildman–Crippen MR) is 64.6 cm³/mol. The minimum absolute atomic E-state index is 0.248. The molecule has 0 saturated heterocycles. The van der Waals surface area contributed by atoms with Gasteiger partial charge in [-0.15, -0.1) is 11.3 Å². The minimum atomic E-state index is 0.248. The Bertz CT molecular complexity index is 459. The molecule has 4 heteroatoms. The molecule has 0 amide bonds. The Morgan fingerprint density at radius 1 is 1.50 bits per heavy atom. The van der Waals surface area contributed by atoms with Gasteiger partial charge in [-0.2, -0.15) is 5.10 Å². The van der Waals surface area contributed by atoms with E-state index in [0.29, 0.717) is 12.8 Å². The Hall–Kier alpha value is -1.42. The van der Waals surface area contributed by atoms with Gasteiger partial charge in [0.05, 0.1) is 6.20 Å². The highest BCUT2D eigenvalue weighted by Crippen LogP contribution is 2.11. The number of nitrogens with zero attached hydrogens (tertiary/aromatic N) is 2. The zero-order valence-corrected chi connectivity index (χ0v) is 10.0. The molecule has 2 heterocycles. The van der Waals surface area contributed by atoms with Crippen LogP contribution in [0, 0.1) is 0 Å². The molecule has 0 saturated carbocycles. The number of ketones is 1. The van der Waals surface area contributed by atoms with Gasteiger partial charge in [0.25, 0.3) is 0 Å². The van der Waals surface area contributed by atoms with Crippen LogP contribution in [0.3, 0.4) is 0 Å². The molecular weight excluding hydrogens is 220 g/mol. The molecule has 0 fully saturated rings. The second-order valence-electron chi connectivity index (χ2n) is 3.68. The number of carbonyl (C=O) groups is 1. The van der Waals surface area contributed by atoms with Gasteiger partial charge in [-0.05, 0) is 23.9 Å². The SMILES string of the molecule is CCn1cc(CC(=O)Cc2cccs2)cn1. The van der Waals surface area contributed by atoms with Crippen LogP contribution in [-0.2, 0) is 24.2 Å². The quantitative estimate of drug-likeness (QED) is 0.795. The summed E-state index contributed by atoms with van der Waals surface area (Å²) in [4.78, 5) is 12.9. The van der Waals surface area contributed by atoms with Crippen LogP contribution < -0.4 is 0 Å². The van der Waals surface area contributed by atoms with Crippen molar-refractivity contribution in [1.29, 1.82) is 0 Å². The van der Waals surface area contributed by atoms with Crippen molar-refractivity contribution in [2.45, 2.75) is 26.3 Å². The number of aromatic nitrogens is 2. The number of carbonyl (C=O) groups excluding carboxylic acids is 1. The number of aryl methyl sites for hydroxylation is 1. The summed E-state index contributed by atoms with van der Waals surface area (Å²) < 4.78 is 1.84. The monoisotopic (exact) mass is 234 g/mol. The van der Waals surface area contributed by atoms with Crippen molar-refractivity contribution >= 4 is 17.1 Å². The number of Topliss-reactive ketones (excluding diaryl/α,β-unsaturated/α-hetero) is 1. The summed E-state index contributed by atoms with van der Waals surface area (Å²) in [6.07, 6.45) is 4.73. The van der Waals surface area contributed by atoms with E-state index in [1.807, 2.05) is 35.3 Å². The molecular formula is C12H14N2OS. The first-order valence-electron chi connectivity index (χ1n) is 5.33. The first kappa shape index (κ1) is 11.1. The van der Waals surface area contributed by atoms with Crippen molar-refractivity contribution in [3.8, 4) is 0 Å². The Labute approximate surface area is 98.7 Å². The van der Waals surface area contributed by atoms with Crippen molar-refractivity contribution in [1.82, 2.24) is 9.78 Å². The Balaban J connectivity index is 1.92. The van der Waals surface area contributed by atoms with E-state index in [9.17, 15) is 4.79 Å². The van der Waals surface area contributed by atoms with E-state index < -0.39 is 0 Å². The fourth-order valence-corrected chi connectivity index (χ4v) is 2.30. The third-order valence-corrected chi connectivity index (χ3v) is 3.24. The zero-order chi connectivity index (χ0) is 11.4. The van der Waals surface area contributed by atoms with Crippen LogP contribution in [0.4, 0.5) is 0 Å². The molecule has 0 aromatic carbocycles. The first-order chi connectivity index (χ1) is 7.78. The molecule has 0 unspecified atom stereocenters. The molecule has 0 atom stereocenters. The van der Waals surface area contributed by atoms with Crippen LogP contribution >= 0.6 is 11.3 Å². The van der Waals surface area contributed by atoms with Crippen molar-refractivity contribution in [3.05, 3.63) is 40.3 Å². The number of thiophene rings is 1. The smallest absolute Gasteiger partial charge is 0.142 e. The fraction of sp³-hybridized carbons (Fsp3) is 0.333. The van der Waals surface area contributed by atoms with E-state index >= 15 is 0 Å². The summed E-state index contributed by atoms with van der Waals surface area (Å²) in [6.45, 7) is 2.88. The maximum atomic E-state index is 11.7. The van der Waals surface area contributed by atoms with E-state index in [4.69, 9.17) is 0 Å². The van der Waals surface area contributed by atoms with E-state index in [1.165, 1.54) is 0 Å². The average molecular weight is 234 g/mol. The average Bonchev–Trinajstić information content (AvgIpc) is 2.89. The molecule has 0 aliphatic heterocycles. The van der Waals surface area contributed by atoms with Crippen LogP contribution in [-0.4, -0.2) is 15.6 Å². The minimum Gasteiger partial charge on any atom is -0.299 e. The molecule has 0 aliphatic carbocycles. The lowest BCUT2D eigenvalue weighted by molar-refractivity contribution is -0.117. The lowest BCUT2D eigenvalue weighted by Gasteiger charge is -1.96. The second-order valence-corrected chi connectivity index (χ2v) is 4.71. The van der Waals surface area contributed by atoms with E-state index in [-0.39, 0.29) is 5.78 Å². The zero-order valence-electron chi connectivity index (χ0n) is 9.22. The van der Waals surface area contributed by atoms with Crippen LogP contribution in [0.1, 0.15) is 17.4 Å². The predicted octanol–water partition coefficient (Wildman–Crippen LogP) is 2.32. The van der Waals surface area contributed by atoms with Gasteiger partial charge >= 0.3 is 0 Å². The Kier molecular flexibility index (Phi) is 3.51. The van der Waals surface area contributed by atoms with Crippen molar-refractivity contribution < 1.29 is 4.79 Å². The largest absolute Gasteiger partial charge is 0.299 e. The molecule has 0 spiro atoms. The first-order valence-corrected chi connectivity index (χ1v) is 6.21. The maximum Gasteiger partial charge on any atom is 0.142 e. The van der Waals surface area contributed by atoms with Gasteiger partial charge in [0.15, 0.2) is 0 Å². The number of hydrogen-bond donors (Lipinski definition) is 0. The van der Waals surface area contributed by atoms with Crippen LogP contribution in [0.15, 0.2) is 29.9 Å². The van der Waals surface area contributed by atoms with E-state index in [2.05, 4.69) is 5.10 Å². The van der Waals surface area contributed by atoms with Gasteiger partial charge in [0.1, 0.15) is 5.78 Å². The summed E-state index contributed by atoms with van der Waals surface area (Å²) >= 11 is 1.63. The summed E-state index contributed by atoms with van der Waals surface area (Å²) in [5.41, 5.74) is 1.00. The summed E-state index contributed by atoms with van der Waals surface area (Å²) in [7, 11) is 0. The molecule has 16 heavy (non-hydrogen) atoms. The molecule has 0 bridgehead atoms. The normalized spacial score (nSPS) is 10.6. The van der Waals surface area contributed by atoms with Crippen LogP contribution in [0.2, 0.25) is 0 Å². The molecule has 0 radical (unpaired) electrons. The van der Waals surface area contributed by atoms with Gasteiger partial charge in [-0.25, -0.2) is 0 Å². The lowest BCUT2D eigenvalue weighted by atomic mass is 10.1. The van der Waals surface area contributed by atoms with Gasteiger partial charge < -0.3 is 0 Å². The molecule has 2 aromatic rings. The van der Waals surface area contributed by atoms with Crippen LogP contribution in [0.5, 0.6) is 0 Å². The topological polar surface area (TPSA) is 34.9 Å². The van der Waals surface area contributed by atoms with Crippen molar-refractivity contribution in [2.75, 3.05) is 0 Å². The molecule has 84 valence electrons. The maximum absolute atomic E-state index is 11.7. The molecule has 0 aliphatic rings.